The second-order valence-corrected chi connectivity index (χ2v) is 6.38. The highest BCUT2D eigenvalue weighted by atomic mass is 16.2. The molecule has 0 radical (unpaired) electrons. The number of anilines is 1. The van der Waals surface area contributed by atoms with Gasteiger partial charge in [-0.25, -0.2) is 9.97 Å². The van der Waals surface area contributed by atoms with Crippen LogP contribution in [-0.2, 0) is 13.1 Å². The number of hydrogen-bond acceptors (Lipinski definition) is 4. The lowest BCUT2D eigenvalue weighted by Gasteiger charge is -2.21. The maximum absolute atomic E-state index is 12.7. The molecule has 0 saturated heterocycles. The fourth-order valence-electron chi connectivity index (χ4n) is 2.83. The summed E-state index contributed by atoms with van der Waals surface area (Å²) in [6.07, 6.45) is 3.17. The van der Waals surface area contributed by atoms with Crippen LogP contribution in [0.4, 0.5) is 5.95 Å². The van der Waals surface area contributed by atoms with Gasteiger partial charge in [-0.3, -0.25) is 4.79 Å². The van der Waals surface area contributed by atoms with Crippen LogP contribution in [0.1, 0.15) is 34.0 Å². The van der Waals surface area contributed by atoms with Crippen molar-refractivity contribution in [3.05, 3.63) is 89.2 Å². The Kier molecular flexibility index (Phi) is 6.15. The largest absolute Gasteiger partial charge is 0.350 e. The fraction of sp³-hybridized carbons (Fsp3) is 0.227. The van der Waals surface area contributed by atoms with Crippen LogP contribution in [0.15, 0.2) is 67.0 Å². The molecule has 0 atom stereocenters. The first-order valence-electron chi connectivity index (χ1n) is 9.11. The monoisotopic (exact) mass is 360 g/mol. The molecule has 3 rings (SSSR count). The Hall–Kier alpha value is -3.21. The number of aryl methyl sites for hydroxylation is 1. The van der Waals surface area contributed by atoms with Crippen molar-refractivity contribution in [1.29, 1.82) is 0 Å². The topological polar surface area (TPSA) is 58.1 Å². The van der Waals surface area contributed by atoms with Gasteiger partial charge in [-0.1, -0.05) is 54.6 Å². The van der Waals surface area contributed by atoms with Gasteiger partial charge < -0.3 is 10.2 Å². The summed E-state index contributed by atoms with van der Waals surface area (Å²) in [6.45, 7) is 5.89. The molecule has 0 aliphatic carbocycles. The molecule has 3 aromatic rings. The number of nitrogens with one attached hydrogen (secondary N) is 1. The number of rotatable bonds is 7. The first-order valence-corrected chi connectivity index (χ1v) is 9.11. The molecular weight excluding hydrogens is 336 g/mol. The SMILES string of the molecule is CCN(Cc1ccccc1)C(=O)c1cnc(NCc2ccccc2C)nc1. The van der Waals surface area contributed by atoms with E-state index in [4.69, 9.17) is 0 Å². The maximum Gasteiger partial charge on any atom is 0.257 e. The minimum absolute atomic E-state index is 0.0631. The van der Waals surface area contributed by atoms with Gasteiger partial charge in [-0.2, -0.15) is 0 Å². The minimum atomic E-state index is -0.0631. The van der Waals surface area contributed by atoms with Crippen molar-refractivity contribution in [1.82, 2.24) is 14.9 Å². The molecule has 0 fully saturated rings. The van der Waals surface area contributed by atoms with E-state index in [2.05, 4.69) is 34.3 Å². The van der Waals surface area contributed by atoms with Crippen LogP contribution in [0, 0.1) is 6.92 Å². The Morgan fingerprint density at radius 3 is 2.33 bits per heavy atom. The van der Waals surface area contributed by atoms with Crippen LogP contribution < -0.4 is 5.32 Å². The number of amides is 1. The average molecular weight is 360 g/mol. The summed E-state index contributed by atoms with van der Waals surface area (Å²) in [4.78, 5) is 23.1. The Morgan fingerprint density at radius 2 is 1.67 bits per heavy atom. The first kappa shape index (κ1) is 18.6. The van der Waals surface area contributed by atoms with Crippen molar-refractivity contribution in [2.75, 3.05) is 11.9 Å². The van der Waals surface area contributed by atoms with Crippen LogP contribution in [0.2, 0.25) is 0 Å². The average Bonchev–Trinajstić information content (AvgIpc) is 2.72. The van der Waals surface area contributed by atoms with Crippen molar-refractivity contribution in [3.63, 3.8) is 0 Å². The Labute approximate surface area is 160 Å². The summed E-state index contributed by atoms with van der Waals surface area (Å²) in [5.74, 6) is 0.452. The smallest absolute Gasteiger partial charge is 0.257 e. The van der Waals surface area contributed by atoms with Crippen LogP contribution in [0.25, 0.3) is 0 Å². The zero-order valence-electron chi connectivity index (χ0n) is 15.7. The molecular formula is C22H24N4O. The second-order valence-electron chi connectivity index (χ2n) is 6.38. The molecule has 27 heavy (non-hydrogen) atoms. The molecule has 1 N–H and O–H groups in total. The molecule has 5 heteroatoms. The second kappa shape index (κ2) is 8.94. The lowest BCUT2D eigenvalue weighted by atomic mass is 10.1. The van der Waals surface area contributed by atoms with Gasteiger partial charge in [0.05, 0.1) is 5.56 Å². The summed E-state index contributed by atoms with van der Waals surface area (Å²) in [7, 11) is 0. The third kappa shape index (κ3) is 4.91. The van der Waals surface area contributed by atoms with Crippen molar-refractivity contribution < 1.29 is 4.79 Å². The van der Waals surface area contributed by atoms with Crippen molar-refractivity contribution >= 4 is 11.9 Å². The molecule has 5 nitrogen and oxygen atoms in total. The van der Waals surface area contributed by atoms with Crippen molar-refractivity contribution in [3.8, 4) is 0 Å². The Balaban J connectivity index is 1.63. The van der Waals surface area contributed by atoms with Crippen molar-refractivity contribution in [2.24, 2.45) is 0 Å². The lowest BCUT2D eigenvalue weighted by molar-refractivity contribution is 0.0751. The van der Waals surface area contributed by atoms with Crippen LogP contribution >= 0.6 is 0 Å². The quantitative estimate of drug-likeness (QED) is 0.690. The number of carbonyl (C=O) groups excluding carboxylic acids is 1. The highest BCUT2D eigenvalue weighted by molar-refractivity contribution is 5.93. The number of carbonyl (C=O) groups is 1. The van der Waals surface area contributed by atoms with E-state index in [1.165, 1.54) is 11.1 Å². The van der Waals surface area contributed by atoms with Gasteiger partial charge >= 0.3 is 0 Å². The summed E-state index contributed by atoms with van der Waals surface area (Å²) >= 11 is 0. The van der Waals surface area contributed by atoms with E-state index in [1.54, 1.807) is 17.3 Å². The maximum atomic E-state index is 12.7. The summed E-state index contributed by atoms with van der Waals surface area (Å²) in [5.41, 5.74) is 4.01. The molecule has 0 bridgehead atoms. The molecule has 138 valence electrons. The first-order chi connectivity index (χ1) is 13.2. The summed E-state index contributed by atoms with van der Waals surface area (Å²) in [5, 5.41) is 3.20. The van der Waals surface area contributed by atoms with Gasteiger partial charge in [-0.15, -0.1) is 0 Å². The zero-order chi connectivity index (χ0) is 19.1. The molecule has 0 unspecified atom stereocenters. The summed E-state index contributed by atoms with van der Waals surface area (Å²) in [6, 6.07) is 18.1. The molecule has 1 aromatic heterocycles. The van der Waals surface area contributed by atoms with Crippen LogP contribution in [-0.4, -0.2) is 27.3 Å². The Morgan fingerprint density at radius 1 is 1.00 bits per heavy atom. The standard InChI is InChI=1S/C22H24N4O/c1-3-26(16-18-10-5-4-6-11-18)21(27)20-14-24-22(25-15-20)23-13-19-12-8-7-9-17(19)2/h4-12,14-15H,3,13,16H2,1-2H3,(H,23,24,25). The van der Waals surface area contributed by atoms with Crippen LogP contribution in [0.3, 0.4) is 0 Å². The molecule has 2 aromatic carbocycles. The van der Waals surface area contributed by atoms with Gasteiger partial charge in [0.15, 0.2) is 0 Å². The predicted molar refractivity (Wildman–Crippen MR) is 107 cm³/mol. The van der Waals surface area contributed by atoms with Gasteiger partial charge in [0.25, 0.3) is 5.91 Å². The van der Waals surface area contributed by atoms with E-state index < -0.39 is 0 Å². The molecule has 0 aliphatic heterocycles. The molecule has 0 saturated carbocycles. The van der Waals surface area contributed by atoms with E-state index in [0.717, 1.165) is 5.56 Å². The minimum Gasteiger partial charge on any atom is -0.350 e. The number of benzene rings is 2. The number of aromatic nitrogens is 2. The molecule has 1 amide bonds. The van der Waals surface area contributed by atoms with E-state index in [0.29, 0.717) is 31.1 Å². The highest BCUT2D eigenvalue weighted by Gasteiger charge is 2.15. The van der Waals surface area contributed by atoms with E-state index in [-0.39, 0.29) is 5.91 Å². The third-order valence-electron chi connectivity index (χ3n) is 4.48. The van der Waals surface area contributed by atoms with Crippen molar-refractivity contribution in [2.45, 2.75) is 26.9 Å². The predicted octanol–water partition coefficient (Wildman–Crippen LogP) is 4.06. The summed E-state index contributed by atoms with van der Waals surface area (Å²) < 4.78 is 0. The third-order valence-corrected chi connectivity index (χ3v) is 4.48. The Bertz CT molecular complexity index is 878. The van der Waals surface area contributed by atoms with Crippen LogP contribution in [0.5, 0.6) is 0 Å². The zero-order valence-corrected chi connectivity index (χ0v) is 15.7. The van der Waals surface area contributed by atoms with Gasteiger partial charge in [0.2, 0.25) is 5.95 Å². The van der Waals surface area contributed by atoms with E-state index in [1.807, 2.05) is 49.4 Å². The molecule has 1 heterocycles. The van der Waals surface area contributed by atoms with E-state index >= 15 is 0 Å². The number of hydrogen-bond donors (Lipinski definition) is 1. The van der Waals surface area contributed by atoms with Gasteiger partial charge in [-0.05, 0) is 30.5 Å². The number of nitrogens with zero attached hydrogens (tertiary/aromatic N) is 3. The highest BCUT2D eigenvalue weighted by Crippen LogP contribution is 2.11. The molecule has 0 spiro atoms. The normalized spacial score (nSPS) is 10.4. The fourth-order valence-corrected chi connectivity index (χ4v) is 2.83. The van der Waals surface area contributed by atoms with E-state index in [9.17, 15) is 4.79 Å². The van der Waals surface area contributed by atoms with Gasteiger partial charge in [0.1, 0.15) is 0 Å². The lowest BCUT2D eigenvalue weighted by Crippen LogP contribution is -2.30. The molecule has 0 aliphatic rings. The van der Waals surface area contributed by atoms with Gasteiger partial charge in [0, 0.05) is 32.0 Å².